The third kappa shape index (κ3) is 34.0. The number of carbonyl (C=O) groups is 2. The van der Waals surface area contributed by atoms with Crippen LogP contribution in [0.15, 0.2) is 24.3 Å². The molecule has 0 fully saturated rings. The maximum atomic E-state index is 12.4. The van der Waals surface area contributed by atoms with Crippen LogP contribution in [-0.4, -0.2) is 25.2 Å². The monoisotopic (exact) mass is 729 g/mol. The van der Waals surface area contributed by atoms with Gasteiger partial charge in [-0.3, -0.25) is 0 Å². The lowest BCUT2D eigenvalue weighted by molar-refractivity contribution is 0.0450. The SMILES string of the molecule is CCCCCCCCCCCCCCCCCCCCCCCC.CCCCCCCCOC(=O)c1ccccc1C(=O)OCCCCCCCC. The molecule has 0 bridgehead atoms. The summed E-state index contributed by atoms with van der Waals surface area (Å²) >= 11 is 0. The van der Waals surface area contributed by atoms with Gasteiger partial charge in [-0.05, 0) is 25.0 Å². The van der Waals surface area contributed by atoms with E-state index in [0.717, 1.165) is 25.7 Å². The first kappa shape index (κ1) is 50.2. The number of carbonyl (C=O) groups excluding carboxylic acids is 2. The van der Waals surface area contributed by atoms with Gasteiger partial charge in [0.1, 0.15) is 0 Å². The van der Waals surface area contributed by atoms with Gasteiger partial charge in [0.05, 0.1) is 24.3 Å². The molecule has 4 nitrogen and oxygen atoms in total. The second-order valence-electron chi connectivity index (χ2n) is 15.4. The number of hydrogen-bond acceptors (Lipinski definition) is 4. The highest BCUT2D eigenvalue weighted by Crippen LogP contribution is 2.16. The Morgan fingerprint density at radius 3 is 0.731 bits per heavy atom. The van der Waals surface area contributed by atoms with Crippen LogP contribution >= 0.6 is 0 Å². The number of esters is 2. The predicted octanol–water partition coefficient (Wildman–Crippen LogP) is 16.3. The minimum Gasteiger partial charge on any atom is -0.462 e. The molecule has 4 heteroatoms. The molecule has 0 saturated heterocycles. The fourth-order valence-corrected chi connectivity index (χ4v) is 6.77. The third-order valence-electron chi connectivity index (χ3n) is 10.3. The Bertz CT molecular complexity index is 810. The van der Waals surface area contributed by atoms with Crippen molar-refractivity contribution in [2.75, 3.05) is 13.2 Å². The lowest BCUT2D eigenvalue weighted by atomic mass is 10.0. The van der Waals surface area contributed by atoms with E-state index in [9.17, 15) is 9.59 Å². The summed E-state index contributed by atoms with van der Waals surface area (Å²) in [6.07, 6.45) is 46.0. The van der Waals surface area contributed by atoms with Crippen LogP contribution in [0.25, 0.3) is 0 Å². The first-order valence-corrected chi connectivity index (χ1v) is 23.0. The maximum Gasteiger partial charge on any atom is 0.339 e. The molecule has 1 rings (SSSR count). The van der Waals surface area contributed by atoms with Crippen molar-refractivity contribution >= 4 is 11.9 Å². The Morgan fingerprint density at radius 1 is 0.327 bits per heavy atom. The van der Waals surface area contributed by atoms with E-state index in [-0.39, 0.29) is 0 Å². The van der Waals surface area contributed by atoms with E-state index in [1.807, 2.05) is 0 Å². The fourth-order valence-electron chi connectivity index (χ4n) is 6.77. The Hall–Kier alpha value is -1.84. The van der Waals surface area contributed by atoms with E-state index in [1.165, 1.54) is 193 Å². The molecule has 0 aliphatic rings. The van der Waals surface area contributed by atoms with Crippen molar-refractivity contribution in [3.05, 3.63) is 35.4 Å². The van der Waals surface area contributed by atoms with Gasteiger partial charge in [-0.25, -0.2) is 9.59 Å². The molecule has 0 atom stereocenters. The minimum atomic E-state index is -0.444. The number of ether oxygens (including phenoxy) is 2. The summed E-state index contributed by atoms with van der Waals surface area (Å²) in [5.41, 5.74) is 0.586. The number of benzene rings is 1. The molecule has 1 aromatic carbocycles. The third-order valence-corrected chi connectivity index (χ3v) is 10.3. The van der Waals surface area contributed by atoms with Gasteiger partial charge in [-0.15, -0.1) is 0 Å². The Balaban J connectivity index is 0.00000101. The predicted molar refractivity (Wildman–Crippen MR) is 227 cm³/mol. The summed E-state index contributed by atoms with van der Waals surface area (Å²) in [6.45, 7) is 9.78. The molecular weight excluding hydrogens is 641 g/mol. The molecule has 1 aromatic rings. The second kappa shape index (κ2) is 41.9. The lowest BCUT2D eigenvalue weighted by Gasteiger charge is -2.10. The summed E-state index contributed by atoms with van der Waals surface area (Å²) in [4.78, 5) is 24.7. The van der Waals surface area contributed by atoms with Gasteiger partial charge in [0.25, 0.3) is 0 Å². The van der Waals surface area contributed by atoms with Crippen molar-refractivity contribution in [2.24, 2.45) is 0 Å². The lowest BCUT2D eigenvalue weighted by Crippen LogP contribution is -2.15. The fraction of sp³-hybridized carbons (Fsp3) is 0.833. The molecule has 0 radical (unpaired) electrons. The van der Waals surface area contributed by atoms with Gasteiger partial charge in [0, 0.05) is 0 Å². The molecule has 0 unspecified atom stereocenters. The highest BCUT2D eigenvalue weighted by atomic mass is 16.5. The molecule has 0 amide bonds. The van der Waals surface area contributed by atoms with Crippen LogP contribution < -0.4 is 0 Å². The molecule has 0 aromatic heterocycles. The number of unbranched alkanes of at least 4 members (excludes halogenated alkanes) is 31. The van der Waals surface area contributed by atoms with Crippen LogP contribution in [0.3, 0.4) is 0 Å². The molecule has 0 spiro atoms. The van der Waals surface area contributed by atoms with Crippen LogP contribution in [-0.2, 0) is 9.47 Å². The van der Waals surface area contributed by atoms with Crippen molar-refractivity contribution in [1.29, 1.82) is 0 Å². The van der Waals surface area contributed by atoms with Gasteiger partial charge in [-0.1, -0.05) is 245 Å². The van der Waals surface area contributed by atoms with Crippen molar-refractivity contribution in [1.82, 2.24) is 0 Å². The van der Waals surface area contributed by atoms with Gasteiger partial charge in [0.2, 0.25) is 0 Å². The summed E-state index contributed by atoms with van der Waals surface area (Å²) in [5.74, 6) is -0.888. The standard InChI is InChI=1S/C24H38O4.C24H50/c1-3-5-7-9-11-15-19-27-23(25)21-17-13-14-18-22(21)24(26)28-20-16-12-10-8-6-4-2;1-3-5-7-9-11-13-15-17-19-21-23-24-22-20-18-16-14-12-10-8-6-4-2/h13-14,17-18H,3-12,15-16,19-20H2,1-2H3;3-24H2,1-2H3. The van der Waals surface area contributed by atoms with Gasteiger partial charge >= 0.3 is 11.9 Å². The largest absolute Gasteiger partial charge is 0.462 e. The molecule has 0 saturated carbocycles. The topological polar surface area (TPSA) is 52.6 Å². The van der Waals surface area contributed by atoms with Crippen LogP contribution in [0.2, 0.25) is 0 Å². The summed E-state index contributed by atoms with van der Waals surface area (Å²) in [6, 6.07) is 6.74. The molecule has 304 valence electrons. The van der Waals surface area contributed by atoms with Crippen LogP contribution in [0.1, 0.15) is 267 Å². The molecule has 52 heavy (non-hydrogen) atoms. The number of hydrogen-bond donors (Lipinski definition) is 0. The van der Waals surface area contributed by atoms with E-state index < -0.39 is 11.9 Å². The number of rotatable bonds is 37. The van der Waals surface area contributed by atoms with Gasteiger partial charge in [-0.2, -0.15) is 0 Å². The van der Waals surface area contributed by atoms with Crippen molar-refractivity contribution in [3.8, 4) is 0 Å². The van der Waals surface area contributed by atoms with Crippen molar-refractivity contribution in [2.45, 2.75) is 246 Å². The summed E-state index contributed by atoms with van der Waals surface area (Å²) < 4.78 is 10.7. The van der Waals surface area contributed by atoms with E-state index in [2.05, 4.69) is 27.7 Å². The first-order chi connectivity index (χ1) is 25.6. The van der Waals surface area contributed by atoms with E-state index in [1.54, 1.807) is 24.3 Å². The minimum absolute atomic E-state index is 0.293. The van der Waals surface area contributed by atoms with Crippen LogP contribution in [0.5, 0.6) is 0 Å². The first-order valence-electron chi connectivity index (χ1n) is 23.0. The Morgan fingerprint density at radius 2 is 0.519 bits per heavy atom. The smallest absolute Gasteiger partial charge is 0.339 e. The Kier molecular flexibility index (Phi) is 40.4. The highest BCUT2D eigenvalue weighted by molar-refractivity contribution is 6.03. The molecular formula is C48H88O4. The van der Waals surface area contributed by atoms with Crippen molar-refractivity contribution in [3.63, 3.8) is 0 Å². The van der Waals surface area contributed by atoms with Crippen LogP contribution in [0.4, 0.5) is 0 Å². The zero-order valence-corrected chi connectivity index (χ0v) is 35.4. The molecule has 0 N–H and O–H groups in total. The second-order valence-corrected chi connectivity index (χ2v) is 15.4. The summed E-state index contributed by atoms with van der Waals surface area (Å²) in [5, 5.41) is 0. The molecule has 0 aliphatic heterocycles. The van der Waals surface area contributed by atoms with Gasteiger partial charge < -0.3 is 9.47 Å². The zero-order valence-electron chi connectivity index (χ0n) is 35.4. The Labute approximate surface area is 324 Å². The maximum absolute atomic E-state index is 12.4. The van der Waals surface area contributed by atoms with E-state index in [4.69, 9.17) is 9.47 Å². The molecule has 0 heterocycles. The normalized spacial score (nSPS) is 10.9. The average molecular weight is 729 g/mol. The van der Waals surface area contributed by atoms with E-state index in [0.29, 0.717) is 24.3 Å². The zero-order chi connectivity index (χ0) is 38.0. The van der Waals surface area contributed by atoms with Crippen molar-refractivity contribution < 1.29 is 19.1 Å². The van der Waals surface area contributed by atoms with Gasteiger partial charge in [0.15, 0.2) is 0 Å². The highest BCUT2D eigenvalue weighted by Gasteiger charge is 2.18. The van der Waals surface area contributed by atoms with Crippen LogP contribution in [0, 0.1) is 0 Å². The summed E-state index contributed by atoms with van der Waals surface area (Å²) in [7, 11) is 0. The quantitative estimate of drug-likeness (QED) is 0.0506. The molecule has 0 aliphatic carbocycles. The van der Waals surface area contributed by atoms with E-state index >= 15 is 0 Å². The average Bonchev–Trinajstić information content (AvgIpc) is 3.16.